The quantitative estimate of drug-likeness (QED) is 0.822. The SMILES string of the molecule is CCCn1ncc(Br)c1C(O)C(OCC)c1ccccc1. The smallest absolute Gasteiger partial charge is 0.127 e. The lowest BCUT2D eigenvalue weighted by Gasteiger charge is -2.24. The molecule has 0 bridgehead atoms. The number of nitrogens with zero attached hydrogens (tertiary/aromatic N) is 2. The summed E-state index contributed by atoms with van der Waals surface area (Å²) in [6.45, 7) is 5.33. The third kappa shape index (κ3) is 3.73. The summed E-state index contributed by atoms with van der Waals surface area (Å²) in [5.41, 5.74) is 1.72. The highest BCUT2D eigenvalue weighted by Gasteiger charge is 2.28. The topological polar surface area (TPSA) is 47.3 Å². The molecule has 0 aliphatic carbocycles. The molecule has 0 amide bonds. The van der Waals surface area contributed by atoms with Gasteiger partial charge < -0.3 is 9.84 Å². The molecule has 1 N–H and O–H groups in total. The van der Waals surface area contributed by atoms with Crippen LogP contribution in [0.2, 0.25) is 0 Å². The van der Waals surface area contributed by atoms with Gasteiger partial charge in [-0.1, -0.05) is 37.3 Å². The number of aryl methyl sites for hydroxylation is 1. The van der Waals surface area contributed by atoms with E-state index in [2.05, 4.69) is 28.0 Å². The van der Waals surface area contributed by atoms with Crippen molar-refractivity contribution in [2.45, 2.75) is 39.0 Å². The van der Waals surface area contributed by atoms with E-state index in [1.165, 1.54) is 0 Å². The number of aliphatic hydroxyl groups excluding tert-OH is 1. The molecule has 0 saturated heterocycles. The zero-order chi connectivity index (χ0) is 15.2. The van der Waals surface area contributed by atoms with Crippen LogP contribution in [-0.4, -0.2) is 21.5 Å². The van der Waals surface area contributed by atoms with E-state index in [4.69, 9.17) is 4.74 Å². The van der Waals surface area contributed by atoms with Gasteiger partial charge in [0, 0.05) is 13.2 Å². The first-order valence-corrected chi connectivity index (χ1v) is 8.04. The minimum Gasteiger partial charge on any atom is -0.384 e. The number of ether oxygens (including phenoxy) is 1. The van der Waals surface area contributed by atoms with E-state index in [0.717, 1.165) is 28.7 Å². The Kier molecular flexibility index (Phi) is 5.96. The van der Waals surface area contributed by atoms with Crippen LogP contribution in [0.15, 0.2) is 41.0 Å². The van der Waals surface area contributed by atoms with Crippen molar-refractivity contribution in [3.8, 4) is 0 Å². The first kappa shape index (κ1) is 16.2. The molecule has 0 saturated carbocycles. The first-order chi connectivity index (χ1) is 10.2. The molecule has 2 atom stereocenters. The summed E-state index contributed by atoms with van der Waals surface area (Å²) in [7, 11) is 0. The van der Waals surface area contributed by atoms with E-state index >= 15 is 0 Å². The monoisotopic (exact) mass is 352 g/mol. The van der Waals surface area contributed by atoms with Gasteiger partial charge in [-0.25, -0.2) is 0 Å². The highest BCUT2D eigenvalue weighted by atomic mass is 79.9. The van der Waals surface area contributed by atoms with E-state index in [1.54, 1.807) is 6.20 Å². The Labute approximate surface area is 133 Å². The minimum absolute atomic E-state index is 0.403. The Morgan fingerprint density at radius 3 is 2.62 bits per heavy atom. The van der Waals surface area contributed by atoms with Crippen LogP contribution in [0.1, 0.15) is 43.7 Å². The molecular weight excluding hydrogens is 332 g/mol. The van der Waals surface area contributed by atoms with Crippen molar-refractivity contribution in [2.75, 3.05) is 6.61 Å². The van der Waals surface area contributed by atoms with E-state index < -0.39 is 12.2 Å². The summed E-state index contributed by atoms with van der Waals surface area (Å²) < 4.78 is 8.44. The zero-order valence-corrected chi connectivity index (χ0v) is 14.0. The van der Waals surface area contributed by atoms with Gasteiger partial charge in [-0.15, -0.1) is 0 Å². The van der Waals surface area contributed by atoms with Crippen LogP contribution in [0.5, 0.6) is 0 Å². The van der Waals surface area contributed by atoms with Gasteiger partial charge in [0.1, 0.15) is 12.2 Å². The third-order valence-electron chi connectivity index (χ3n) is 3.31. The summed E-state index contributed by atoms with van der Waals surface area (Å²) in [5.74, 6) is 0. The number of rotatable bonds is 7. The molecule has 2 rings (SSSR count). The van der Waals surface area contributed by atoms with Crippen LogP contribution >= 0.6 is 15.9 Å². The minimum atomic E-state index is -0.768. The number of halogens is 1. The van der Waals surface area contributed by atoms with Gasteiger partial charge in [-0.2, -0.15) is 5.10 Å². The second-order valence-corrected chi connectivity index (χ2v) is 5.69. The van der Waals surface area contributed by atoms with Gasteiger partial charge in [-0.3, -0.25) is 4.68 Å². The fourth-order valence-electron chi connectivity index (χ4n) is 2.39. The zero-order valence-electron chi connectivity index (χ0n) is 12.4. The molecule has 0 fully saturated rings. The van der Waals surface area contributed by atoms with E-state index in [0.29, 0.717) is 6.61 Å². The molecule has 1 heterocycles. The summed E-state index contributed by atoms with van der Waals surface area (Å²) in [6, 6.07) is 9.80. The Morgan fingerprint density at radius 2 is 2.00 bits per heavy atom. The first-order valence-electron chi connectivity index (χ1n) is 7.24. The summed E-state index contributed by atoms with van der Waals surface area (Å²) in [4.78, 5) is 0. The number of hydrogen-bond acceptors (Lipinski definition) is 3. The van der Waals surface area contributed by atoms with E-state index in [1.807, 2.05) is 41.9 Å². The number of aliphatic hydroxyl groups is 1. The maximum absolute atomic E-state index is 10.8. The second-order valence-electron chi connectivity index (χ2n) is 4.83. The molecule has 0 aliphatic rings. The summed E-state index contributed by atoms with van der Waals surface area (Å²) >= 11 is 3.48. The molecule has 21 heavy (non-hydrogen) atoms. The highest BCUT2D eigenvalue weighted by Crippen LogP contribution is 2.35. The summed E-state index contributed by atoms with van der Waals surface area (Å²) in [5, 5.41) is 15.1. The van der Waals surface area contributed by atoms with Crippen LogP contribution in [-0.2, 0) is 11.3 Å². The Hall–Kier alpha value is -1.17. The molecule has 0 radical (unpaired) electrons. The molecule has 1 aromatic carbocycles. The van der Waals surface area contributed by atoms with Gasteiger partial charge >= 0.3 is 0 Å². The third-order valence-corrected chi connectivity index (χ3v) is 3.92. The lowest BCUT2D eigenvalue weighted by Crippen LogP contribution is -2.19. The standard InChI is InChI=1S/C16H21BrN2O2/c1-3-10-19-14(13(17)11-18-19)15(20)16(21-4-2)12-8-6-5-7-9-12/h5-9,11,15-16,20H,3-4,10H2,1-2H3. The molecule has 0 aliphatic heterocycles. The summed E-state index contributed by atoms with van der Waals surface area (Å²) in [6.07, 6.45) is 1.51. The predicted octanol–water partition coefficient (Wildman–Crippen LogP) is 3.87. The molecule has 114 valence electrons. The van der Waals surface area contributed by atoms with Crippen LogP contribution < -0.4 is 0 Å². The second kappa shape index (κ2) is 7.73. The van der Waals surface area contributed by atoms with Crippen LogP contribution in [0.4, 0.5) is 0 Å². The van der Waals surface area contributed by atoms with Crippen molar-refractivity contribution in [3.63, 3.8) is 0 Å². The fraction of sp³-hybridized carbons (Fsp3) is 0.438. The van der Waals surface area contributed by atoms with Gasteiger partial charge in [-0.05, 0) is 34.8 Å². The van der Waals surface area contributed by atoms with Gasteiger partial charge in [0.15, 0.2) is 0 Å². The molecule has 0 spiro atoms. The van der Waals surface area contributed by atoms with Gasteiger partial charge in [0.05, 0.1) is 16.4 Å². The fourth-order valence-corrected chi connectivity index (χ4v) is 2.92. The van der Waals surface area contributed by atoms with Crippen LogP contribution in [0.3, 0.4) is 0 Å². The Balaban J connectivity index is 2.35. The van der Waals surface area contributed by atoms with Crippen molar-refractivity contribution >= 4 is 15.9 Å². The molecule has 1 aromatic heterocycles. The lowest BCUT2D eigenvalue weighted by molar-refractivity contribution is -0.0401. The lowest BCUT2D eigenvalue weighted by atomic mass is 10.0. The molecular formula is C16H21BrN2O2. The number of benzene rings is 1. The highest BCUT2D eigenvalue weighted by molar-refractivity contribution is 9.10. The molecule has 5 heteroatoms. The maximum Gasteiger partial charge on any atom is 0.127 e. The van der Waals surface area contributed by atoms with Gasteiger partial charge in [0.25, 0.3) is 0 Å². The van der Waals surface area contributed by atoms with Crippen molar-refractivity contribution in [2.24, 2.45) is 0 Å². The number of hydrogen-bond donors (Lipinski definition) is 1. The Morgan fingerprint density at radius 1 is 1.29 bits per heavy atom. The van der Waals surface area contributed by atoms with Gasteiger partial charge in [0.2, 0.25) is 0 Å². The van der Waals surface area contributed by atoms with Crippen LogP contribution in [0.25, 0.3) is 0 Å². The normalized spacial score (nSPS) is 14.1. The predicted molar refractivity (Wildman–Crippen MR) is 86.0 cm³/mol. The van der Waals surface area contributed by atoms with Crippen molar-refractivity contribution in [1.29, 1.82) is 0 Å². The van der Waals surface area contributed by atoms with Crippen molar-refractivity contribution < 1.29 is 9.84 Å². The van der Waals surface area contributed by atoms with E-state index in [-0.39, 0.29) is 0 Å². The largest absolute Gasteiger partial charge is 0.384 e. The molecule has 2 unspecified atom stereocenters. The maximum atomic E-state index is 10.8. The number of aromatic nitrogens is 2. The average Bonchev–Trinajstić information content (AvgIpc) is 2.86. The van der Waals surface area contributed by atoms with E-state index in [9.17, 15) is 5.11 Å². The Bertz CT molecular complexity index is 557. The average molecular weight is 353 g/mol. The van der Waals surface area contributed by atoms with Crippen LogP contribution in [0, 0.1) is 0 Å². The van der Waals surface area contributed by atoms with Crippen molar-refractivity contribution in [1.82, 2.24) is 9.78 Å². The van der Waals surface area contributed by atoms with Crippen molar-refractivity contribution in [3.05, 3.63) is 52.3 Å². The molecule has 2 aromatic rings. The molecule has 4 nitrogen and oxygen atoms in total.